The quantitative estimate of drug-likeness (QED) is 0.498. The molecule has 2 heteroatoms. The average molecular weight is 165 g/mol. The number of ether oxygens (including phenoxy) is 1. The molecule has 4 atom stereocenters. The summed E-state index contributed by atoms with van der Waals surface area (Å²) in [5.41, 5.74) is 0. The molecule has 3 rings (SSSR count). The molecule has 0 spiro atoms. The second kappa shape index (κ2) is 2.33. The van der Waals surface area contributed by atoms with Gasteiger partial charge in [-0.15, -0.1) is 0 Å². The van der Waals surface area contributed by atoms with E-state index in [1.54, 1.807) is 0 Å². The fourth-order valence-corrected chi connectivity index (χ4v) is 3.19. The minimum atomic E-state index is 0.786. The fraction of sp³-hybridized carbons (Fsp3) is 0.800. The van der Waals surface area contributed by atoms with Gasteiger partial charge in [-0.3, -0.25) is 4.90 Å². The van der Waals surface area contributed by atoms with E-state index in [1.165, 1.54) is 6.42 Å². The summed E-state index contributed by atoms with van der Waals surface area (Å²) < 4.78 is 5.54. The molecule has 0 aromatic carbocycles. The monoisotopic (exact) mass is 165 g/mol. The van der Waals surface area contributed by atoms with Gasteiger partial charge in [-0.25, -0.2) is 0 Å². The Balaban J connectivity index is 1.92. The normalized spacial score (nSPS) is 51.4. The first kappa shape index (κ1) is 7.10. The van der Waals surface area contributed by atoms with Gasteiger partial charge in [0.05, 0.1) is 13.3 Å². The molecule has 1 saturated heterocycles. The highest BCUT2D eigenvalue weighted by molar-refractivity contribution is 5.16. The lowest BCUT2D eigenvalue weighted by Crippen LogP contribution is -2.48. The van der Waals surface area contributed by atoms with Crippen molar-refractivity contribution in [3.05, 3.63) is 12.2 Å². The first-order valence-electron chi connectivity index (χ1n) is 4.82. The average Bonchev–Trinajstić information content (AvgIpc) is 2.64. The van der Waals surface area contributed by atoms with E-state index in [0.717, 1.165) is 37.1 Å². The van der Waals surface area contributed by atoms with Gasteiger partial charge in [0.15, 0.2) is 0 Å². The number of hydrogen-bond acceptors (Lipinski definition) is 2. The predicted molar refractivity (Wildman–Crippen MR) is 46.6 cm³/mol. The second-order valence-corrected chi connectivity index (χ2v) is 4.36. The van der Waals surface area contributed by atoms with Crippen molar-refractivity contribution in [3.8, 4) is 0 Å². The van der Waals surface area contributed by atoms with Crippen LogP contribution in [-0.4, -0.2) is 31.3 Å². The standard InChI is InChI=1S/C10H15NO/c1-11-6-12-5-9-7-2-3-8(4-7)10(9)11/h2-3,7-10H,4-6H2,1H3/t7-,8+,9-,10+/m0/s1. The third-order valence-electron chi connectivity index (χ3n) is 3.69. The molecule has 1 heterocycles. The zero-order chi connectivity index (χ0) is 8.13. The van der Waals surface area contributed by atoms with Crippen molar-refractivity contribution in [1.82, 2.24) is 4.90 Å². The van der Waals surface area contributed by atoms with Crippen LogP contribution in [0, 0.1) is 17.8 Å². The van der Waals surface area contributed by atoms with Crippen molar-refractivity contribution in [2.24, 2.45) is 17.8 Å². The summed E-state index contributed by atoms with van der Waals surface area (Å²) in [6.45, 7) is 1.82. The van der Waals surface area contributed by atoms with Gasteiger partial charge < -0.3 is 4.74 Å². The minimum absolute atomic E-state index is 0.786. The topological polar surface area (TPSA) is 12.5 Å². The van der Waals surface area contributed by atoms with Gasteiger partial charge >= 0.3 is 0 Å². The molecule has 2 bridgehead atoms. The van der Waals surface area contributed by atoms with Crippen molar-refractivity contribution in [1.29, 1.82) is 0 Å². The molecule has 0 aromatic heterocycles. The van der Waals surface area contributed by atoms with Crippen LogP contribution in [0.4, 0.5) is 0 Å². The highest BCUT2D eigenvalue weighted by Crippen LogP contribution is 2.47. The lowest BCUT2D eigenvalue weighted by atomic mass is 9.88. The van der Waals surface area contributed by atoms with Crippen molar-refractivity contribution in [2.45, 2.75) is 12.5 Å². The van der Waals surface area contributed by atoms with Gasteiger partial charge in [0.2, 0.25) is 0 Å². The van der Waals surface area contributed by atoms with Gasteiger partial charge in [-0.05, 0) is 25.3 Å². The molecular weight excluding hydrogens is 150 g/mol. The Morgan fingerprint density at radius 1 is 1.33 bits per heavy atom. The van der Waals surface area contributed by atoms with E-state index in [4.69, 9.17) is 4.74 Å². The van der Waals surface area contributed by atoms with Crippen LogP contribution in [0.1, 0.15) is 6.42 Å². The molecule has 2 fully saturated rings. The van der Waals surface area contributed by atoms with E-state index in [1.807, 2.05) is 0 Å². The molecular formula is C10H15NO. The van der Waals surface area contributed by atoms with Crippen LogP contribution in [0.25, 0.3) is 0 Å². The lowest BCUT2D eigenvalue weighted by molar-refractivity contribution is -0.0731. The molecule has 0 unspecified atom stereocenters. The highest BCUT2D eigenvalue weighted by Gasteiger charge is 2.47. The molecule has 2 nitrogen and oxygen atoms in total. The summed E-state index contributed by atoms with van der Waals surface area (Å²) in [6.07, 6.45) is 6.19. The third kappa shape index (κ3) is 0.771. The first-order chi connectivity index (χ1) is 5.86. The Hall–Kier alpha value is -0.340. The molecule has 2 aliphatic carbocycles. The maximum absolute atomic E-state index is 5.54. The zero-order valence-electron chi connectivity index (χ0n) is 7.44. The maximum Gasteiger partial charge on any atom is 0.0990 e. The minimum Gasteiger partial charge on any atom is -0.366 e. The van der Waals surface area contributed by atoms with Gasteiger partial charge in [0.25, 0.3) is 0 Å². The van der Waals surface area contributed by atoms with E-state index in [-0.39, 0.29) is 0 Å². The van der Waals surface area contributed by atoms with Crippen molar-refractivity contribution in [2.75, 3.05) is 20.4 Å². The molecule has 66 valence electrons. The summed E-state index contributed by atoms with van der Waals surface area (Å²) in [4.78, 5) is 2.38. The Morgan fingerprint density at radius 2 is 2.17 bits per heavy atom. The Labute approximate surface area is 73.2 Å². The van der Waals surface area contributed by atoms with Crippen LogP contribution >= 0.6 is 0 Å². The molecule has 0 radical (unpaired) electrons. The van der Waals surface area contributed by atoms with E-state index >= 15 is 0 Å². The van der Waals surface area contributed by atoms with Crippen molar-refractivity contribution < 1.29 is 4.74 Å². The van der Waals surface area contributed by atoms with Gasteiger partial charge in [-0.2, -0.15) is 0 Å². The molecule has 1 aliphatic heterocycles. The smallest absolute Gasteiger partial charge is 0.0990 e. The lowest BCUT2D eigenvalue weighted by Gasteiger charge is -2.39. The van der Waals surface area contributed by atoms with Crippen LogP contribution in [0.15, 0.2) is 12.2 Å². The summed E-state index contributed by atoms with van der Waals surface area (Å²) >= 11 is 0. The number of fused-ring (bicyclic) bond motifs is 5. The van der Waals surface area contributed by atoms with E-state index in [0.29, 0.717) is 0 Å². The van der Waals surface area contributed by atoms with Crippen LogP contribution in [0.3, 0.4) is 0 Å². The zero-order valence-corrected chi connectivity index (χ0v) is 7.44. The van der Waals surface area contributed by atoms with Gasteiger partial charge in [0, 0.05) is 12.0 Å². The molecule has 1 saturated carbocycles. The van der Waals surface area contributed by atoms with Gasteiger partial charge in [0.1, 0.15) is 0 Å². The van der Waals surface area contributed by atoms with E-state index < -0.39 is 0 Å². The summed E-state index contributed by atoms with van der Waals surface area (Å²) in [7, 11) is 2.19. The summed E-state index contributed by atoms with van der Waals surface area (Å²) in [6, 6.07) is 0.786. The maximum atomic E-state index is 5.54. The second-order valence-electron chi connectivity index (χ2n) is 4.36. The molecule has 0 N–H and O–H groups in total. The van der Waals surface area contributed by atoms with E-state index in [2.05, 4.69) is 24.1 Å². The number of hydrogen-bond donors (Lipinski definition) is 0. The Kier molecular flexibility index (Phi) is 1.38. The SMILES string of the molecule is CN1COC[C@@H]2[C@H]1[C@@H]1C=C[C@H]2C1. The number of allylic oxidation sites excluding steroid dienone is 1. The van der Waals surface area contributed by atoms with Gasteiger partial charge in [-0.1, -0.05) is 12.2 Å². The van der Waals surface area contributed by atoms with Crippen LogP contribution in [0.2, 0.25) is 0 Å². The Morgan fingerprint density at radius 3 is 3.00 bits per heavy atom. The van der Waals surface area contributed by atoms with Crippen LogP contribution in [0.5, 0.6) is 0 Å². The summed E-state index contributed by atoms with van der Waals surface area (Å²) in [5.74, 6) is 2.44. The molecule has 0 amide bonds. The molecule has 12 heavy (non-hydrogen) atoms. The predicted octanol–water partition coefficient (Wildman–Crippen LogP) is 1.10. The molecule has 0 aromatic rings. The van der Waals surface area contributed by atoms with E-state index in [9.17, 15) is 0 Å². The Bertz CT molecular complexity index is 226. The summed E-state index contributed by atoms with van der Waals surface area (Å²) in [5, 5.41) is 0. The van der Waals surface area contributed by atoms with Crippen molar-refractivity contribution >= 4 is 0 Å². The largest absolute Gasteiger partial charge is 0.366 e. The van der Waals surface area contributed by atoms with Crippen LogP contribution in [-0.2, 0) is 4.74 Å². The van der Waals surface area contributed by atoms with Crippen molar-refractivity contribution in [3.63, 3.8) is 0 Å². The fourth-order valence-electron chi connectivity index (χ4n) is 3.19. The number of nitrogens with zero attached hydrogens (tertiary/aromatic N) is 1. The first-order valence-corrected chi connectivity index (χ1v) is 4.82. The molecule has 3 aliphatic rings. The highest BCUT2D eigenvalue weighted by atomic mass is 16.5. The van der Waals surface area contributed by atoms with Crippen LogP contribution < -0.4 is 0 Å². The third-order valence-corrected chi connectivity index (χ3v) is 3.69. The number of rotatable bonds is 0.